The number of benzene rings is 1. The first-order valence-electron chi connectivity index (χ1n) is 6.90. The summed E-state index contributed by atoms with van der Waals surface area (Å²) in [5.74, 6) is -0.152. The van der Waals surface area contributed by atoms with Gasteiger partial charge >= 0.3 is 5.97 Å². The normalized spacial score (nSPS) is 16.2. The van der Waals surface area contributed by atoms with Crippen molar-refractivity contribution in [2.24, 2.45) is 0 Å². The van der Waals surface area contributed by atoms with Crippen LogP contribution in [0.25, 0.3) is 0 Å². The van der Waals surface area contributed by atoms with Crippen molar-refractivity contribution in [1.82, 2.24) is 4.31 Å². The summed E-state index contributed by atoms with van der Waals surface area (Å²) < 4.78 is 40.6. The summed E-state index contributed by atoms with van der Waals surface area (Å²) in [5.41, 5.74) is 0.351. The summed E-state index contributed by atoms with van der Waals surface area (Å²) in [5, 5.41) is 0. The van der Waals surface area contributed by atoms with E-state index in [4.69, 9.17) is 14.2 Å². The van der Waals surface area contributed by atoms with Crippen LogP contribution in [0.1, 0.15) is 10.4 Å². The number of carbonyl (C=O) groups is 1. The van der Waals surface area contributed by atoms with E-state index in [-0.39, 0.29) is 12.4 Å². The summed E-state index contributed by atoms with van der Waals surface area (Å²) in [6, 6.07) is 6.41. The summed E-state index contributed by atoms with van der Waals surface area (Å²) in [7, 11) is -1.88. The Morgan fingerprint density at radius 3 is 2.45 bits per heavy atom. The van der Waals surface area contributed by atoms with Crippen LogP contribution >= 0.6 is 0 Å². The molecule has 0 atom stereocenters. The third-order valence-corrected chi connectivity index (χ3v) is 5.10. The van der Waals surface area contributed by atoms with Crippen LogP contribution in [0, 0.1) is 0 Å². The summed E-state index contributed by atoms with van der Waals surface area (Å²) in [6.07, 6.45) is 0. The van der Waals surface area contributed by atoms with E-state index < -0.39 is 16.0 Å². The Morgan fingerprint density at radius 2 is 1.86 bits per heavy atom. The fraction of sp³-hybridized carbons (Fsp3) is 0.500. The predicted octanol–water partition coefficient (Wildman–Crippen LogP) is 0.514. The minimum atomic E-state index is -3.42. The fourth-order valence-electron chi connectivity index (χ4n) is 2.00. The maximum atomic E-state index is 12.0. The molecular weight excluding hydrogens is 310 g/mol. The SMILES string of the molecule is COc1ccc(C(=O)OCCS(=O)(=O)N2CCOCC2)cc1. The molecule has 1 heterocycles. The third-order valence-electron chi connectivity index (χ3n) is 3.26. The van der Waals surface area contributed by atoms with Gasteiger partial charge in [-0.2, -0.15) is 4.31 Å². The van der Waals surface area contributed by atoms with Gasteiger partial charge in [-0.15, -0.1) is 0 Å². The largest absolute Gasteiger partial charge is 0.497 e. The minimum absolute atomic E-state index is 0.176. The second-order valence-electron chi connectivity index (χ2n) is 4.69. The van der Waals surface area contributed by atoms with Gasteiger partial charge in [0.1, 0.15) is 12.4 Å². The highest BCUT2D eigenvalue weighted by atomic mass is 32.2. The van der Waals surface area contributed by atoms with Crippen molar-refractivity contribution >= 4 is 16.0 Å². The standard InChI is InChI=1S/C14H19NO6S/c1-19-13-4-2-12(3-5-13)14(16)21-10-11-22(17,18)15-6-8-20-9-7-15/h2-5H,6-11H2,1H3. The monoisotopic (exact) mass is 329 g/mol. The van der Waals surface area contributed by atoms with Gasteiger partial charge in [0.15, 0.2) is 0 Å². The van der Waals surface area contributed by atoms with E-state index in [1.807, 2.05) is 0 Å². The molecule has 0 N–H and O–H groups in total. The maximum Gasteiger partial charge on any atom is 0.338 e. The molecule has 1 saturated heterocycles. The molecule has 0 unspecified atom stereocenters. The van der Waals surface area contributed by atoms with Crippen LogP contribution in [0.5, 0.6) is 5.75 Å². The van der Waals surface area contributed by atoms with Crippen molar-refractivity contribution in [3.8, 4) is 5.75 Å². The molecule has 1 aliphatic heterocycles. The van der Waals surface area contributed by atoms with E-state index in [2.05, 4.69) is 0 Å². The number of morpholine rings is 1. The lowest BCUT2D eigenvalue weighted by Gasteiger charge is -2.25. The van der Waals surface area contributed by atoms with Crippen molar-refractivity contribution in [2.45, 2.75) is 0 Å². The van der Waals surface area contributed by atoms with Crippen molar-refractivity contribution in [3.63, 3.8) is 0 Å². The first-order chi connectivity index (χ1) is 10.5. The van der Waals surface area contributed by atoms with Crippen LogP contribution in [0.15, 0.2) is 24.3 Å². The van der Waals surface area contributed by atoms with Gasteiger partial charge in [0.05, 0.1) is 31.6 Å². The number of sulfonamides is 1. The van der Waals surface area contributed by atoms with E-state index in [0.717, 1.165) is 0 Å². The Balaban J connectivity index is 1.83. The van der Waals surface area contributed by atoms with Crippen molar-refractivity contribution < 1.29 is 27.4 Å². The molecule has 1 fully saturated rings. The molecule has 0 aromatic heterocycles. The molecule has 0 amide bonds. The second kappa shape index (κ2) is 7.57. The number of hydrogen-bond donors (Lipinski definition) is 0. The molecule has 0 bridgehead atoms. The van der Waals surface area contributed by atoms with Gasteiger partial charge in [0.2, 0.25) is 10.0 Å². The van der Waals surface area contributed by atoms with Gasteiger partial charge in [0.25, 0.3) is 0 Å². The van der Waals surface area contributed by atoms with E-state index >= 15 is 0 Å². The molecule has 0 saturated carbocycles. The van der Waals surface area contributed by atoms with Crippen molar-refractivity contribution in [2.75, 3.05) is 45.8 Å². The molecule has 1 aromatic rings. The van der Waals surface area contributed by atoms with Crippen LogP contribution in [0.3, 0.4) is 0 Å². The molecule has 1 aliphatic rings. The molecule has 7 nitrogen and oxygen atoms in total. The molecule has 22 heavy (non-hydrogen) atoms. The average Bonchev–Trinajstić information content (AvgIpc) is 2.55. The maximum absolute atomic E-state index is 12.0. The second-order valence-corrected chi connectivity index (χ2v) is 6.78. The lowest BCUT2D eigenvalue weighted by atomic mass is 10.2. The van der Waals surface area contributed by atoms with Gasteiger partial charge < -0.3 is 14.2 Å². The Labute approximate surface area is 129 Å². The quantitative estimate of drug-likeness (QED) is 0.708. The van der Waals surface area contributed by atoms with Gasteiger partial charge in [-0.05, 0) is 24.3 Å². The minimum Gasteiger partial charge on any atom is -0.497 e. The van der Waals surface area contributed by atoms with Crippen molar-refractivity contribution in [1.29, 1.82) is 0 Å². The number of hydrogen-bond acceptors (Lipinski definition) is 6. The number of ether oxygens (including phenoxy) is 3. The highest BCUT2D eigenvalue weighted by molar-refractivity contribution is 7.89. The van der Waals surface area contributed by atoms with Crippen LogP contribution in [0.4, 0.5) is 0 Å². The number of esters is 1. The Kier molecular flexibility index (Phi) is 5.76. The highest BCUT2D eigenvalue weighted by Crippen LogP contribution is 2.12. The zero-order chi connectivity index (χ0) is 16.0. The van der Waals surface area contributed by atoms with Gasteiger partial charge in [0, 0.05) is 13.1 Å². The lowest BCUT2D eigenvalue weighted by Crippen LogP contribution is -2.42. The lowest BCUT2D eigenvalue weighted by molar-refractivity contribution is 0.0523. The summed E-state index contributed by atoms with van der Waals surface area (Å²) in [6.45, 7) is 1.30. The van der Waals surface area contributed by atoms with Gasteiger partial charge in [-0.25, -0.2) is 13.2 Å². The van der Waals surface area contributed by atoms with E-state index in [9.17, 15) is 13.2 Å². The summed E-state index contributed by atoms with van der Waals surface area (Å²) in [4.78, 5) is 11.8. The fourth-order valence-corrected chi connectivity index (χ4v) is 3.26. The van der Waals surface area contributed by atoms with Crippen molar-refractivity contribution in [3.05, 3.63) is 29.8 Å². The van der Waals surface area contributed by atoms with E-state index in [1.54, 1.807) is 24.3 Å². The zero-order valence-electron chi connectivity index (χ0n) is 12.4. The van der Waals surface area contributed by atoms with E-state index in [1.165, 1.54) is 11.4 Å². The molecule has 0 spiro atoms. The first kappa shape index (κ1) is 16.7. The van der Waals surface area contributed by atoms with Crippen LogP contribution in [-0.2, 0) is 19.5 Å². The number of carbonyl (C=O) groups excluding carboxylic acids is 1. The van der Waals surface area contributed by atoms with E-state index in [0.29, 0.717) is 37.6 Å². The topological polar surface area (TPSA) is 82.1 Å². The Bertz CT molecular complexity index is 592. The van der Waals surface area contributed by atoms with Crippen LogP contribution in [-0.4, -0.2) is 64.5 Å². The number of rotatable bonds is 6. The average molecular weight is 329 g/mol. The van der Waals surface area contributed by atoms with Crippen LogP contribution in [0.2, 0.25) is 0 Å². The Hall–Kier alpha value is -1.64. The molecular formula is C14H19NO6S. The van der Waals surface area contributed by atoms with Crippen LogP contribution < -0.4 is 4.74 Å². The molecule has 2 rings (SSSR count). The summed E-state index contributed by atoms with van der Waals surface area (Å²) >= 11 is 0. The molecule has 0 radical (unpaired) electrons. The third kappa shape index (κ3) is 4.43. The molecule has 8 heteroatoms. The van der Waals surface area contributed by atoms with Gasteiger partial charge in [-0.3, -0.25) is 0 Å². The predicted molar refractivity (Wildman–Crippen MR) is 79.5 cm³/mol. The molecule has 0 aliphatic carbocycles. The molecule has 122 valence electrons. The first-order valence-corrected chi connectivity index (χ1v) is 8.50. The Morgan fingerprint density at radius 1 is 1.23 bits per heavy atom. The number of methoxy groups -OCH3 is 1. The van der Waals surface area contributed by atoms with Gasteiger partial charge in [-0.1, -0.05) is 0 Å². The number of nitrogens with zero attached hydrogens (tertiary/aromatic N) is 1. The highest BCUT2D eigenvalue weighted by Gasteiger charge is 2.24. The zero-order valence-corrected chi connectivity index (χ0v) is 13.2. The molecule has 1 aromatic carbocycles. The smallest absolute Gasteiger partial charge is 0.338 e.